The summed E-state index contributed by atoms with van der Waals surface area (Å²) < 4.78 is 0. The fourth-order valence-electron chi connectivity index (χ4n) is 3.86. The summed E-state index contributed by atoms with van der Waals surface area (Å²) in [5.74, 6) is 1.70. The van der Waals surface area contributed by atoms with E-state index in [0.717, 1.165) is 18.2 Å². The standard InChI is InChI=1S/C13H24N2/c1-5-10(14)15-11-12(2,3)9-6-7-13(11,4)8-9/h9,11H,5-8H2,1-4H3,(H2,14,15). The first-order valence-electron chi connectivity index (χ1n) is 6.22. The van der Waals surface area contributed by atoms with Gasteiger partial charge in [-0.2, -0.15) is 0 Å². The molecule has 2 aliphatic rings. The van der Waals surface area contributed by atoms with Crippen LogP contribution in [-0.2, 0) is 0 Å². The first-order chi connectivity index (χ1) is 6.90. The van der Waals surface area contributed by atoms with Gasteiger partial charge in [-0.3, -0.25) is 4.99 Å². The molecule has 2 bridgehead atoms. The van der Waals surface area contributed by atoms with Crippen LogP contribution in [0.1, 0.15) is 53.4 Å². The van der Waals surface area contributed by atoms with E-state index in [1.54, 1.807) is 0 Å². The highest BCUT2D eigenvalue weighted by atomic mass is 15.0. The predicted octanol–water partition coefficient (Wildman–Crippen LogP) is 2.97. The van der Waals surface area contributed by atoms with Gasteiger partial charge in [0.1, 0.15) is 0 Å². The number of hydrogen-bond donors (Lipinski definition) is 1. The van der Waals surface area contributed by atoms with Crippen LogP contribution in [0.15, 0.2) is 4.99 Å². The van der Waals surface area contributed by atoms with E-state index in [0.29, 0.717) is 16.9 Å². The smallest absolute Gasteiger partial charge is 0.0938 e. The molecule has 0 saturated heterocycles. The Morgan fingerprint density at radius 3 is 2.53 bits per heavy atom. The lowest BCUT2D eigenvalue weighted by atomic mass is 9.68. The maximum Gasteiger partial charge on any atom is 0.0938 e. The molecule has 2 N–H and O–H groups in total. The minimum Gasteiger partial charge on any atom is -0.387 e. The third kappa shape index (κ3) is 1.49. The molecule has 2 heteroatoms. The summed E-state index contributed by atoms with van der Waals surface area (Å²) in [4.78, 5) is 4.80. The Hall–Kier alpha value is -0.530. The average molecular weight is 208 g/mol. The van der Waals surface area contributed by atoms with E-state index in [4.69, 9.17) is 10.7 Å². The summed E-state index contributed by atoms with van der Waals surface area (Å²) >= 11 is 0. The van der Waals surface area contributed by atoms with Gasteiger partial charge in [0.15, 0.2) is 0 Å². The molecule has 0 amide bonds. The van der Waals surface area contributed by atoms with Crippen molar-refractivity contribution < 1.29 is 0 Å². The molecule has 2 rings (SSSR count). The third-order valence-electron chi connectivity index (χ3n) is 4.85. The first-order valence-corrected chi connectivity index (χ1v) is 6.22. The Labute approximate surface area is 93.3 Å². The zero-order valence-electron chi connectivity index (χ0n) is 10.5. The topological polar surface area (TPSA) is 38.4 Å². The van der Waals surface area contributed by atoms with Crippen LogP contribution in [0.25, 0.3) is 0 Å². The molecule has 2 saturated carbocycles. The van der Waals surface area contributed by atoms with Crippen molar-refractivity contribution in [3.63, 3.8) is 0 Å². The van der Waals surface area contributed by atoms with Crippen molar-refractivity contribution in [1.82, 2.24) is 0 Å². The van der Waals surface area contributed by atoms with Gasteiger partial charge >= 0.3 is 0 Å². The van der Waals surface area contributed by atoms with Crippen molar-refractivity contribution in [3.05, 3.63) is 0 Å². The molecule has 0 heterocycles. The Kier molecular flexibility index (Phi) is 2.36. The molecular weight excluding hydrogens is 184 g/mol. The minimum absolute atomic E-state index is 0.354. The summed E-state index contributed by atoms with van der Waals surface area (Å²) in [5.41, 5.74) is 6.69. The first kappa shape index (κ1) is 11.0. The van der Waals surface area contributed by atoms with Crippen LogP contribution in [0.3, 0.4) is 0 Å². The zero-order valence-corrected chi connectivity index (χ0v) is 10.5. The number of nitrogens with zero attached hydrogens (tertiary/aromatic N) is 1. The zero-order chi connectivity index (χ0) is 11.3. The number of rotatable bonds is 2. The fraction of sp³-hybridized carbons (Fsp3) is 0.923. The van der Waals surface area contributed by atoms with Crippen molar-refractivity contribution in [1.29, 1.82) is 0 Å². The van der Waals surface area contributed by atoms with Gasteiger partial charge in [0.2, 0.25) is 0 Å². The molecule has 0 aromatic carbocycles. The summed E-state index contributed by atoms with van der Waals surface area (Å²) in [6.45, 7) is 9.23. The lowest BCUT2D eigenvalue weighted by molar-refractivity contribution is 0.142. The lowest BCUT2D eigenvalue weighted by Crippen LogP contribution is -2.40. The van der Waals surface area contributed by atoms with Crippen LogP contribution < -0.4 is 5.73 Å². The predicted molar refractivity (Wildman–Crippen MR) is 64.9 cm³/mol. The summed E-state index contributed by atoms with van der Waals surface area (Å²) in [6.07, 6.45) is 4.96. The Bertz CT molecular complexity index is 288. The minimum atomic E-state index is 0.354. The molecule has 2 aliphatic carbocycles. The maximum absolute atomic E-state index is 5.91. The van der Waals surface area contributed by atoms with E-state index in [1.165, 1.54) is 19.3 Å². The molecule has 0 spiro atoms. The molecule has 86 valence electrons. The molecule has 0 radical (unpaired) electrons. The van der Waals surface area contributed by atoms with Crippen LogP contribution in [0.5, 0.6) is 0 Å². The number of hydrogen-bond acceptors (Lipinski definition) is 1. The van der Waals surface area contributed by atoms with E-state index in [2.05, 4.69) is 27.7 Å². The van der Waals surface area contributed by atoms with E-state index in [1.807, 2.05) is 0 Å². The molecular formula is C13H24N2. The van der Waals surface area contributed by atoms with Crippen molar-refractivity contribution in [2.24, 2.45) is 27.5 Å². The number of aliphatic imine (C=N–C) groups is 1. The van der Waals surface area contributed by atoms with Crippen molar-refractivity contribution in [2.45, 2.75) is 59.4 Å². The molecule has 15 heavy (non-hydrogen) atoms. The van der Waals surface area contributed by atoms with Gasteiger partial charge in [0.25, 0.3) is 0 Å². The van der Waals surface area contributed by atoms with Gasteiger partial charge in [0.05, 0.1) is 11.9 Å². The molecule has 0 aromatic heterocycles. The van der Waals surface area contributed by atoms with Crippen LogP contribution in [0.4, 0.5) is 0 Å². The normalized spacial score (nSPS) is 43.6. The number of nitrogens with two attached hydrogens (primary N) is 1. The Morgan fingerprint density at radius 2 is 2.07 bits per heavy atom. The molecule has 2 fully saturated rings. The maximum atomic E-state index is 5.91. The van der Waals surface area contributed by atoms with Gasteiger partial charge < -0.3 is 5.73 Å². The second-order valence-electron chi connectivity index (χ2n) is 6.29. The highest BCUT2D eigenvalue weighted by Crippen LogP contribution is 2.63. The molecule has 0 aromatic rings. The van der Waals surface area contributed by atoms with Crippen molar-refractivity contribution in [2.75, 3.05) is 0 Å². The molecule has 2 nitrogen and oxygen atoms in total. The van der Waals surface area contributed by atoms with Gasteiger partial charge in [-0.25, -0.2) is 0 Å². The molecule has 3 unspecified atom stereocenters. The highest BCUT2D eigenvalue weighted by Gasteiger charge is 2.59. The fourth-order valence-corrected chi connectivity index (χ4v) is 3.86. The number of fused-ring (bicyclic) bond motifs is 2. The van der Waals surface area contributed by atoms with E-state index in [-0.39, 0.29) is 0 Å². The van der Waals surface area contributed by atoms with Crippen LogP contribution >= 0.6 is 0 Å². The third-order valence-corrected chi connectivity index (χ3v) is 4.85. The van der Waals surface area contributed by atoms with E-state index < -0.39 is 0 Å². The molecule has 0 aliphatic heterocycles. The second kappa shape index (κ2) is 3.23. The average Bonchev–Trinajstić information content (AvgIpc) is 2.63. The van der Waals surface area contributed by atoms with Gasteiger partial charge in [-0.05, 0) is 36.0 Å². The monoisotopic (exact) mass is 208 g/mol. The van der Waals surface area contributed by atoms with Crippen molar-refractivity contribution >= 4 is 5.84 Å². The van der Waals surface area contributed by atoms with Crippen LogP contribution in [0, 0.1) is 16.7 Å². The summed E-state index contributed by atoms with van der Waals surface area (Å²) in [6, 6.07) is 0.448. The van der Waals surface area contributed by atoms with Gasteiger partial charge in [-0.1, -0.05) is 27.7 Å². The van der Waals surface area contributed by atoms with Gasteiger partial charge in [0, 0.05) is 6.42 Å². The highest BCUT2D eigenvalue weighted by molar-refractivity contribution is 5.80. The second-order valence-corrected chi connectivity index (χ2v) is 6.29. The van der Waals surface area contributed by atoms with Crippen molar-refractivity contribution in [3.8, 4) is 0 Å². The largest absolute Gasteiger partial charge is 0.387 e. The quantitative estimate of drug-likeness (QED) is 0.550. The summed E-state index contributed by atoms with van der Waals surface area (Å²) in [5, 5.41) is 0. The van der Waals surface area contributed by atoms with Crippen LogP contribution in [-0.4, -0.2) is 11.9 Å². The van der Waals surface area contributed by atoms with E-state index >= 15 is 0 Å². The Balaban J connectivity index is 2.30. The SMILES string of the molecule is CCC(N)=NC1C2(C)CCC(C2)C1(C)C. The Morgan fingerprint density at radius 1 is 1.40 bits per heavy atom. The van der Waals surface area contributed by atoms with E-state index in [9.17, 15) is 0 Å². The molecule has 3 atom stereocenters. The lowest BCUT2D eigenvalue weighted by Gasteiger charge is -2.40. The van der Waals surface area contributed by atoms with Gasteiger partial charge in [-0.15, -0.1) is 0 Å². The van der Waals surface area contributed by atoms with Crippen LogP contribution in [0.2, 0.25) is 0 Å². The number of amidine groups is 1. The summed E-state index contributed by atoms with van der Waals surface area (Å²) in [7, 11) is 0.